The molecule has 1 aliphatic carbocycles. The Balaban J connectivity index is 1.92. The van der Waals surface area contributed by atoms with Crippen LogP contribution in [0.4, 0.5) is 0 Å². The fraction of sp³-hybridized carbons (Fsp3) is 0.571. The maximum atomic E-state index is 12.9. The van der Waals surface area contributed by atoms with Crippen molar-refractivity contribution < 1.29 is 9.22 Å². The van der Waals surface area contributed by atoms with Crippen LogP contribution in [0, 0.1) is 31.1 Å². The predicted octanol–water partition coefficient (Wildman–Crippen LogP) is 9.68. The lowest BCUT2D eigenvalue weighted by molar-refractivity contribution is -0.123. The summed E-state index contributed by atoms with van der Waals surface area (Å²) < 4.78 is 6.67. The van der Waals surface area contributed by atoms with Crippen LogP contribution in [-0.2, 0) is 10.2 Å². The maximum Gasteiger partial charge on any atom is 0.250 e. The minimum atomic E-state index is -1.90. The van der Waals surface area contributed by atoms with Crippen molar-refractivity contribution in [2.45, 2.75) is 124 Å². The third kappa shape index (κ3) is 6.12. The minimum absolute atomic E-state index is 0.0810. The molecule has 0 saturated heterocycles. The average Bonchev–Trinajstić information content (AvgIpc) is 2.85. The van der Waals surface area contributed by atoms with Crippen molar-refractivity contribution in [2.24, 2.45) is 5.41 Å². The summed E-state index contributed by atoms with van der Waals surface area (Å²) in [5.74, 6) is 7.36. The van der Waals surface area contributed by atoms with Crippen LogP contribution in [0.25, 0.3) is 0 Å². The van der Waals surface area contributed by atoms with Crippen molar-refractivity contribution in [3.05, 3.63) is 64.2 Å². The van der Waals surface area contributed by atoms with Crippen molar-refractivity contribution in [1.82, 2.24) is 0 Å². The molecule has 0 aromatic heterocycles. The molecule has 2 nitrogen and oxygen atoms in total. The van der Waals surface area contributed by atoms with Gasteiger partial charge in [0.2, 0.25) is 14.1 Å². The van der Waals surface area contributed by atoms with Crippen LogP contribution >= 0.6 is 0 Å². The zero-order chi connectivity index (χ0) is 28.4. The van der Waals surface area contributed by atoms with Gasteiger partial charge < -0.3 is 4.43 Å². The van der Waals surface area contributed by atoms with Crippen LogP contribution in [-0.4, -0.2) is 14.1 Å². The molecule has 1 fully saturated rings. The van der Waals surface area contributed by atoms with Crippen molar-refractivity contribution in [2.75, 3.05) is 0 Å². The third-order valence-electron chi connectivity index (χ3n) is 9.70. The number of aryl methyl sites for hydroxylation is 2. The summed E-state index contributed by atoms with van der Waals surface area (Å²) in [7, 11) is -1.90. The van der Waals surface area contributed by atoms with E-state index < -0.39 is 8.32 Å². The molecular formula is C35H50O2Si. The lowest BCUT2D eigenvalue weighted by atomic mass is 9.70. The van der Waals surface area contributed by atoms with Gasteiger partial charge in [-0.3, -0.25) is 4.79 Å². The number of rotatable bonds is 7. The number of carbonyl (C=O) groups excluding carboxylic acids is 1. The molecule has 0 aliphatic heterocycles. The van der Waals surface area contributed by atoms with E-state index in [9.17, 15) is 4.79 Å². The average molecular weight is 531 g/mol. The van der Waals surface area contributed by atoms with E-state index in [0.717, 1.165) is 55.4 Å². The Morgan fingerprint density at radius 1 is 0.921 bits per heavy atom. The van der Waals surface area contributed by atoms with Crippen LogP contribution in [0.1, 0.15) is 114 Å². The normalized spacial score (nSPS) is 15.9. The summed E-state index contributed by atoms with van der Waals surface area (Å²) in [4.78, 5) is 12.9. The number of carbonyl (C=O) groups is 1. The van der Waals surface area contributed by atoms with Crippen molar-refractivity contribution in [3.63, 3.8) is 0 Å². The van der Waals surface area contributed by atoms with Gasteiger partial charge >= 0.3 is 0 Å². The van der Waals surface area contributed by atoms with E-state index in [4.69, 9.17) is 4.43 Å². The molecule has 0 unspecified atom stereocenters. The highest BCUT2D eigenvalue weighted by Crippen LogP contribution is 2.43. The number of hydrogen-bond donors (Lipinski definition) is 0. The second-order valence-corrected chi connectivity index (χ2v) is 18.1. The molecule has 0 heterocycles. The Morgan fingerprint density at radius 3 is 1.97 bits per heavy atom. The van der Waals surface area contributed by atoms with Gasteiger partial charge in [0.1, 0.15) is 5.75 Å². The van der Waals surface area contributed by atoms with Gasteiger partial charge in [0, 0.05) is 16.4 Å². The number of hydrogen-bond acceptors (Lipinski definition) is 2. The zero-order valence-electron chi connectivity index (χ0n) is 25.7. The molecule has 2 aromatic carbocycles. The van der Waals surface area contributed by atoms with E-state index in [1.165, 1.54) is 23.1 Å². The molecule has 206 valence electrons. The SMILES string of the molecule is CCC(CC)(c1ccc(C#CC(=O)C2(C)CCCCC2)c(C)c1)c1ccc(O[Si](C)(C)C(C)(C)C)c(C)c1. The van der Waals surface area contributed by atoms with Crippen LogP contribution in [0.15, 0.2) is 36.4 Å². The van der Waals surface area contributed by atoms with Crippen LogP contribution in [0.2, 0.25) is 18.1 Å². The molecular weight excluding hydrogens is 480 g/mol. The van der Waals surface area contributed by atoms with E-state index in [1.807, 2.05) is 0 Å². The van der Waals surface area contributed by atoms with Gasteiger partial charge in [0.05, 0.1) is 0 Å². The first-order valence-electron chi connectivity index (χ1n) is 14.7. The summed E-state index contributed by atoms with van der Waals surface area (Å²) in [5.41, 5.74) is 5.59. The van der Waals surface area contributed by atoms with Gasteiger partial charge in [0.15, 0.2) is 0 Å². The molecule has 0 spiro atoms. The topological polar surface area (TPSA) is 26.3 Å². The molecule has 0 amide bonds. The standard InChI is InChI=1S/C35H50O2Si/c1-11-35(12-2,30-19-20-31(27(4)25-30)37-38(9,10)33(5,6)7)29-18-16-28(26(3)24-29)17-21-32(36)34(8)22-14-13-15-23-34/h16,18-20,24-25H,11-15,22-23H2,1-10H3. The number of benzene rings is 2. The Bertz CT molecular complexity index is 1210. The summed E-state index contributed by atoms with van der Waals surface area (Å²) in [6, 6.07) is 13.4. The van der Waals surface area contributed by atoms with Crippen LogP contribution < -0.4 is 4.43 Å². The molecule has 2 aromatic rings. The minimum Gasteiger partial charge on any atom is -0.543 e. The highest BCUT2D eigenvalue weighted by molar-refractivity contribution is 6.74. The highest BCUT2D eigenvalue weighted by Gasteiger charge is 2.39. The first kappa shape index (κ1) is 30.2. The lowest BCUT2D eigenvalue weighted by Gasteiger charge is -2.38. The van der Waals surface area contributed by atoms with Crippen LogP contribution in [0.3, 0.4) is 0 Å². The molecule has 1 aliphatic rings. The fourth-order valence-corrected chi connectivity index (χ4v) is 6.74. The molecule has 0 atom stereocenters. The third-order valence-corrected chi connectivity index (χ3v) is 14.0. The summed E-state index contributed by atoms with van der Waals surface area (Å²) in [6.45, 7) is 22.4. The highest BCUT2D eigenvalue weighted by atomic mass is 28.4. The largest absolute Gasteiger partial charge is 0.543 e. The van der Waals surface area contributed by atoms with Crippen molar-refractivity contribution >= 4 is 14.1 Å². The monoisotopic (exact) mass is 530 g/mol. The zero-order valence-corrected chi connectivity index (χ0v) is 26.7. The molecule has 3 rings (SSSR count). The molecule has 3 heteroatoms. The number of ketones is 1. The predicted molar refractivity (Wildman–Crippen MR) is 165 cm³/mol. The van der Waals surface area contributed by atoms with Gasteiger partial charge in [-0.2, -0.15) is 0 Å². The fourth-order valence-electron chi connectivity index (χ4n) is 5.66. The quantitative estimate of drug-likeness (QED) is 0.263. The Labute approximate surface area is 234 Å². The Morgan fingerprint density at radius 2 is 1.47 bits per heavy atom. The van der Waals surface area contributed by atoms with Gasteiger partial charge in [0.25, 0.3) is 0 Å². The van der Waals surface area contributed by atoms with E-state index in [-0.39, 0.29) is 21.7 Å². The van der Waals surface area contributed by atoms with Crippen molar-refractivity contribution in [1.29, 1.82) is 0 Å². The smallest absolute Gasteiger partial charge is 0.250 e. The second-order valence-electron chi connectivity index (χ2n) is 13.4. The molecule has 0 N–H and O–H groups in total. The molecule has 1 saturated carbocycles. The summed E-state index contributed by atoms with van der Waals surface area (Å²) in [6.07, 6.45) is 7.45. The van der Waals surface area contributed by atoms with E-state index in [0.29, 0.717) is 0 Å². The van der Waals surface area contributed by atoms with Crippen LogP contribution in [0.5, 0.6) is 5.75 Å². The van der Waals surface area contributed by atoms with Gasteiger partial charge in [-0.1, -0.05) is 91.0 Å². The van der Waals surface area contributed by atoms with Gasteiger partial charge in [-0.05, 0) is 98.0 Å². The van der Waals surface area contributed by atoms with Gasteiger partial charge in [-0.15, -0.1) is 0 Å². The summed E-state index contributed by atoms with van der Waals surface area (Å²) in [5, 5.41) is 0.162. The van der Waals surface area contributed by atoms with E-state index >= 15 is 0 Å². The van der Waals surface area contributed by atoms with E-state index in [1.54, 1.807) is 0 Å². The first-order chi connectivity index (χ1) is 17.7. The maximum absolute atomic E-state index is 12.9. The second kappa shape index (κ2) is 11.4. The number of Topliss-reactive ketones (excluding diaryl/α,β-unsaturated/α-hetero) is 1. The van der Waals surface area contributed by atoms with Gasteiger partial charge in [-0.25, -0.2) is 0 Å². The van der Waals surface area contributed by atoms with Crippen molar-refractivity contribution in [3.8, 4) is 17.6 Å². The lowest BCUT2D eigenvalue weighted by Crippen LogP contribution is -2.44. The Kier molecular flexibility index (Phi) is 9.09. The first-order valence-corrected chi connectivity index (χ1v) is 17.6. The molecule has 0 bridgehead atoms. The molecule has 38 heavy (non-hydrogen) atoms. The molecule has 0 radical (unpaired) electrons. The Hall–Kier alpha value is -2.31. The summed E-state index contributed by atoms with van der Waals surface area (Å²) >= 11 is 0. The van der Waals surface area contributed by atoms with E-state index in [2.05, 4.69) is 117 Å².